The van der Waals surface area contributed by atoms with E-state index in [1.165, 1.54) is 0 Å². The smallest absolute Gasteiger partial charge is 0.311 e. The molecule has 0 aromatic heterocycles. The van der Waals surface area contributed by atoms with Crippen molar-refractivity contribution in [2.75, 3.05) is 24.6 Å². The molecule has 0 rings (SSSR count). The van der Waals surface area contributed by atoms with Crippen molar-refractivity contribution >= 4 is 11.8 Å². The highest BCUT2D eigenvalue weighted by Gasteiger charge is 2.39. The molecule has 0 saturated heterocycles. The lowest BCUT2D eigenvalue weighted by atomic mass is 10.3. The van der Waals surface area contributed by atoms with Gasteiger partial charge in [0.15, 0.2) is 0 Å². The molecule has 0 bridgehead atoms. The molecule has 0 atom stereocenters. The molecule has 1 N–H and O–H groups in total. The summed E-state index contributed by atoms with van der Waals surface area (Å²) >= 11 is 1.70. The van der Waals surface area contributed by atoms with E-state index in [1.807, 2.05) is 6.92 Å². The van der Waals surface area contributed by atoms with E-state index in [4.69, 9.17) is 0 Å². The van der Waals surface area contributed by atoms with Crippen LogP contribution in [0.1, 0.15) is 13.3 Å². The molecular formula is C8H15F4NS. The molecule has 0 saturated carbocycles. The van der Waals surface area contributed by atoms with Crippen LogP contribution in [0.25, 0.3) is 0 Å². The summed E-state index contributed by atoms with van der Waals surface area (Å²) in [5.41, 5.74) is 0. The van der Waals surface area contributed by atoms with Crippen LogP contribution in [0, 0.1) is 0 Å². The van der Waals surface area contributed by atoms with E-state index in [-0.39, 0.29) is 0 Å². The summed E-state index contributed by atoms with van der Waals surface area (Å²) in [5.74, 6) is -2.06. The number of alkyl halides is 4. The van der Waals surface area contributed by atoms with Gasteiger partial charge < -0.3 is 5.32 Å². The van der Waals surface area contributed by atoms with Crippen LogP contribution >= 0.6 is 11.8 Å². The molecule has 0 aromatic carbocycles. The zero-order valence-electron chi connectivity index (χ0n) is 8.03. The van der Waals surface area contributed by atoms with Gasteiger partial charge in [-0.25, -0.2) is 8.78 Å². The lowest BCUT2D eigenvalue weighted by Gasteiger charge is -2.15. The van der Waals surface area contributed by atoms with Crippen molar-refractivity contribution in [3.63, 3.8) is 0 Å². The van der Waals surface area contributed by atoms with Crippen LogP contribution < -0.4 is 5.32 Å². The average molecular weight is 233 g/mol. The predicted octanol–water partition coefficient (Wildman–Crippen LogP) is 2.62. The fourth-order valence-corrected chi connectivity index (χ4v) is 1.41. The van der Waals surface area contributed by atoms with Crippen molar-refractivity contribution in [3.05, 3.63) is 0 Å². The number of halogens is 4. The third kappa shape index (κ3) is 6.48. The Bertz CT molecular complexity index is 143. The minimum Gasteiger partial charge on any atom is -0.311 e. The lowest BCUT2D eigenvalue weighted by molar-refractivity contribution is -0.125. The standard InChI is InChI=1S/C8H15F4NS/c1-2-14-5-3-4-13-6-8(11,12)7(9)10/h7,13H,2-6H2,1H3. The van der Waals surface area contributed by atoms with E-state index in [9.17, 15) is 17.6 Å². The van der Waals surface area contributed by atoms with Gasteiger partial charge in [-0.2, -0.15) is 20.5 Å². The van der Waals surface area contributed by atoms with Gasteiger partial charge in [-0.3, -0.25) is 0 Å². The third-order valence-corrected chi connectivity index (χ3v) is 2.51. The topological polar surface area (TPSA) is 12.0 Å². The average Bonchev–Trinajstić information content (AvgIpc) is 2.10. The Morgan fingerprint density at radius 3 is 2.50 bits per heavy atom. The van der Waals surface area contributed by atoms with E-state index < -0.39 is 18.9 Å². The SMILES string of the molecule is CCSCCCNCC(F)(F)C(F)F. The fourth-order valence-electron chi connectivity index (χ4n) is 0.776. The molecule has 0 unspecified atom stereocenters. The van der Waals surface area contributed by atoms with Crippen LogP contribution in [0.3, 0.4) is 0 Å². The minimum absolute atomic E-state index is 0.356. The van der Waals surface area contributed by atoms with Crippen molar-refractivity contribution in [1.29, 1.82) is 0 Å². The maximum absolute atomic E-state index is 12.3. The van der Waals surface area contributed by atoms with Gasteiger partial charge in [-0.15, -0.1) is 0 Å². The van der Waals surface area contributed by atoms with Gasteiger partial charge in [-0.1, -0.05) is 6.92 Å². The molecule has 0 spiro atoms. The molecule has 0 amide bonds. The summed E-state index contributed by atoms with van der Waals surface area (Å²) in [6, 6.07) is 0. The number of thioether (sulfide) groups is 1. The monoisotopic (exact) mass is 233 g/mol. The number of hydrogen-bond acceptors (Lipinski definition) is 2. The van der Waals surface area contributed by atoms with Gasteiger partial charge in [0.25, 0.3) is 0 Å². The Morgan fingerprint density at radius 1 is 1.36 bits per heavy atom. The minimum atomic E-state index is -3.90. The normalized spacial score (nSPS) is 12.4. The highest BCUT2D eigenvalue weighted by Crippen LogP contribution is 2.21. The molecule has 14 heavy (non-hydrogen) atoms. The lowest BCUT2D eigenvalue weighted by Crippen LogP contribution is -2.39. The van der Waals surface area contributed by atoms with Crippen molar-refractivity contribution in [2.24, 2.45) is 0 Å². The van der Waals surface area contributed by atoms with Crippen molar-refractivity contribution in [2.45, 2.75) is 25.7 Å². The second kappa shape index (κ2) is 7.34. The molecule has 0 fully saturated rings. The van der Waals surface area contributed by atoms with Crippen LogP contribution in [-0.2, 0) is 0 Å². The molecule has 0 aliphatic heterocycles. The molecule has 86 valence electrons. The number of hydrogen-bond donors (Lipinski definition) is 1. The van der Waals surface area contributed by atoms with Crippen LogP contribution in [0.4, 0.5) is 17.6 Å². The van der Waals surface area contributed by atoms with Gasteiger partial charge in [0.1, 0.15) is 0 Å². The van der Waals surface area contributed by atoms with E-state index in [0.29, 0.717) is 6.54 Å². The van der Waals surface area contributed by atoms with E-state index in [2.05, 4.69) is 5.32 Å². The van der Waals surface area contributed by atoms with Crippen molar-refractivity contribution in [3.8, 4) is 0 Å². The van der Waals surface area contributed by atoms with Gasteiger partial charge >= 0.3 is 12.3 Å². The second-order valence-electron chi connectivity index (χ2n) is 2.79. The van der Waals surface area contributed by atoms with E-state index in [1.54, 1.807) is 11.8 Å². The molecule has 0 aliphatic carbocycles. The maximum atomic E-state index is 12.3. The Hall–Kier alpha value is 0.0300. The first-order valence-electron chi connectivity index (χ1n) is 4.45. The highest BCUT2D eigenvalue weighted by molar-refractivity contribution is 7.99. The van der Waals surface area contributed by atoms with Gasteiger partial charge in [0, 0.05) is 0 Å². The molecule has 0 heterocycles. The zero-order chi connectivity index (χ0) is 11.0. The summed E-state index contributed by atoms with van der Waals surface area (Å²) in [5, 5.41) is 2.32. The number of rotatable bonds is 8. The van der Waals surface area contributed by atoms with Crippen LogP contribution in [0.2, 0.25) is 0 Å². The Morgan fingerprint density at radius 2 is 2.00 bits per heavy atom. The highest BCUT2D eigenvalue weighted by atomic mass is 32.2. The molecule has 0 radical (unpaired) electrons. The predicted molar refractivity (Wildman–Crippen MR) is 51.4 cm³/mol. The molecule has 1 nitrogen and oxygen atoms in total. The first-order valence-corrected chi connectivity index (χ1v) is 5.60. The summed E-state index contributed by atoms with van der Waals surface area (Å²) in [7, 11) is 0. The third-order valence-electron chi connectivity index (χ3n) is 1.53. The summed E-state index contributed by atoms with van der Waals surface area (Å²) in [4.78, 5) is 0. The van der Waals surface area contributed by atoms with Crippen LogP contribution in [-0.4, -0.2) is 36.9 Å². The van der Waals surface area contributed by atoms with Crippen LogP contribution in [0.5, 0.6) is 0 Å². The second-order valence-corrected chi connectivity index (χ2v) is 4.18. The first-order chi connectivity index (χ1) is 6.50. The largest absolute Gasteiger partial charge is 0.319 e. The molecular weight excluding hydrogens is 218 g/mol. The molecule has 0 aromatic rings. The summed E-state index contributed by atoms with van der Waals surface area (Å²) in [6.45, 7) is 1.42. The van der Waals surface area contributed by atoms with Crippen molar-refractivity contribution in [1.82, 2.24) is 5.32 Å². The number of nitrogens with one attached hydrogen (secondary N) is 1. The Balaban J connectivity index is 3.35. The zero-order valence-corrected chi connectivity index (χ0v) is 8.85. The van der Waals surface area contributed by atoms with E-state index in [0.717, 1.165) is 17.9 Å². The summed E-state index contributed by atoms with van der Waals surface area (Å²) in [6.07, 6.45) is -2.86. The Labute approximate surface area is 85.6 Å². The van der Waals surface area contributed by atoms with Crippen LogP contribution in [0.15, 0.2) is 0 Å². The van der Waals surface area contributed by atoms with Gasteiger partial charge in [0.2, 0.25) is 0 Å². The molecule has 0 aliphatic rings. The van der Waals surface area contributed by atoms with Gasteiger partial charge in [-0.05, 0) is 24.5 Å². The summed E-state index contributed by atoms with van der Waals surface area (Å²) < 4.78 is 47.9. The Kier molecular flexibility index (Phi) is 7.35. The quantitative estimate of drug-likeness (QED) is 0.511. The van der Waals surface area contributed by atoms with Crippen molar-refractivity contribution < 1.29 is 17.6 Å². The van der Waals surface area contributed by atoms with E-state index >= 15 is 0 Å². The van der Waals surface area contributed by atoms with Gasteiger partial charge in [0.05, 0.1) is 6.54 Å². The maximum Gasteiger partial charge on any atom is 0.319 e. The molecule has 6 heteroatoms. The fraction of sp³-hybridized carbons (Fsp3) is 1.00. The first kappa shape index (κ1) is 14.0.